The number of amides is 1. The third-order valence-corrected chi connectivity index (χ3v) is 12.1. The van der Waals surface area contributed by atoms with Gasteiger partial charge in [-0.3, -0.25) is 9.59 Å². The number of aliphatic hydroxyl groups is 2. The first-order valence-corrected chi connectivity index (χ1v) is 26.0. The van der Waals surface area contributed by atoms with Gasteiger partial charge in [-0.05, 0) is 32.1 Å². The largest absolute Gasteiger partial charge is 0.466 e. The zero-order valence-electron chi connectivity index (χ0n) is 39.0. The van der Waals surface area contributed by atoms with E-state index in [4.69, 9.17) is 4.74 Å². The molecule has 6 heteroatoms. The van der Waals surface area contributed by atoms with Crippen LogP contribution < -0.4 is 5.32 Å². The van der Waals surface area contributed by atoms with Crippen molar-refractivity contribution >= 4 is 11.9 Å². The van der Waals surface area contributed by atoms with Crippen LogP contribution >= 0.6 is 0 Å². The molecule has 0 heterocycles. The van der Waals surface area contributed by atoms with E-state index in [1.54, 1.807) is 6.08 Å². The van der Waals surface area contributed by atoms with E-state index in [1.807, 2.05) is 6.08 Å². The lowest BCUT2D eigenvalue weighted by Gasteiger charge is -2.20. The molecule has 0 aliphatic carbocycles. The zero-order valence-corrected chi connectivity index (χ0v) is 39.0. The molecule has 3 N–H and O–H groups in total. The molecule has 0 radical (unpaired) electrons. The number of carbonyl (C=O) groups is 2. The van der Waals surface area contributed by atoms with Gasteiger partial charge in [0.05, 0.1) is 25.4 Å². The lowest BCUT2D eigenvalue weighted by atomic mass is 10.0. The summed E-state index contributed by atoms with van der Waals surface area (Å²) in [6.07, 6.45) is 54.9. The van der Waals surface area contributed by atoms with Gasteiger partial charge in [0.25, 0.3) is 0 Å². The molecule has 0 aromatic rings. The third-order valence-electron chi connectivity index (χ3n) is 12.1. The Bertz CT molecular complexity index is 863. The average molecular weight is 820 g/mol. The second-order valence-electron chi connectivity index (χ2n) is 17.9. The monoisotopic (exact) mass is 820 g/mol. The van der Waals surface area contributed by atoms with Gasteiger partial charge in [0, 0.05) is 12.8 Å². The molecule has 0 saturated carbocycles. The number of allylic oxidation sites excluding steroid dienone is 1. The molecule has 0 rings (SSSR count). The fraction of sp³-hybridized carbons (Fsp3) is 0.923. The quantitative estimate of drug-likeness (QED) is 0.0323. The number of unbranched alkanes of at least 4 members (excludes halogenated alkanes) is 37. The minimum atomic E-state index is -0.860. The Hall–Kier alpha value is -1.40. The lowest BCUT2D eigenvalue weighted by Crippen LogP contribution is -2.45. The summed E-state index contributed by atoms with van der Waals surface area (Å²) in [6, 6.07) is -0.646. The van der Waals surface area contributed by atoms with Crippen molar-refractivity contribution < 1.29 is 24.5 Å². The highest BCUT2D eigenvalue weighted by Crippen LogP contribution is 2.16. The summed E-state index contributed by atoms with van der Waals surface area (Å²) in [7, 11) is 0. The van der Waals surface area contributed by atoms with Crippen LogP contribution in [0.2, 0.25) is 0 Å². The topological polar surface area (TPSA) is 95.9 Å². The van der Waals surface area contributed by atoms with Crippen molar-refractivity contribution in [3.8, 4) is 0 Å². The van der Waals surface area contributed by atoms with Crippen molar-refractivity contribution in [2.75, 3.05) is 13.2 Å². The van der Waals surface area contributed by atoms with Gasteiger partial charge < -0.3 is 20.3 Å². The van der Waals surface area contributed by atoms with E-state index in [0.29, 0.717) is 19.4 Å². The molecule has 0 aliphatic rings. The summed E-state index contributed by atoms with van der Waals surface area (Å²) in [5.74, 6) is -0.117. The highest BCUT2D eigenvalue weighted by molar-refractivity contribution is 5.76. The van der Waals surface area contributed by atoms with Crippen molar-refractivity contribution in [3.63, 3.8) is 0 Å². The van der Waals surface area contributed by atoms with Crippen molar-refractivity contribution in [2.45, 2.75) is 296 Å². The average Bonchev–Trinajstić information content (AvgIpc) is 3.22. The Morgan fingerprint density at radius 1 is 0.466 bits per heavy atom. The van der Waals surface area contributed by atoms with Crippen LogP contribution in [-0.2, 0) is 14.3 Å². The van der Waals surface area contributed by atoms with Gasteiger partial charge in [0.2, 0.25) is 5.91 Å². The minimum Gasteiger partial charge on any atom is -0.466 e. The number of esters is 1. The van der Waals surface area contributed by atoms with Gasteiger partial charge in [-0.2, -0.15) is 0 Å². The Labute approximate surface area is 361 Å². The number of ether oxygens (including phenoxy) is 1. The minimum absolute atomic E-state index is 0.0232. The summed E-state index contributed by atoms with van der Waals surface area (Å²) < 4.78 is 5.46. The van der Waals surface area contributed by atoms with E-state index >= 15 is 0 Å². The normalized spacial score (nSPS) is 12.7. The molecule has 0 spiro atoms. The summed E-state index contributed by atoms with van der Waals surface area (Å²) >= 11 is 0. The first-order valence-electron chi connectivity index (χ1n) is 26.0. The molecule has 344 valence electrons. The SMILES string of the molecule is CCCCCCCCCCCCCCC/C=C/C(O)C(CO)NC(=O)CCCCCCCCCCCOC(=O)CCCCCCCCCCCCCCCCCCC. The van der Waals surface area contributed by atoms with Gasteiger partial charge in [0.1, 0.15) is 0 Å². The summed E-state index contributed by atoms with van der Waals surface area (Å²) in [6.45, 7) is 4.85. The molecule has 1 amide bonds. The maximum atomic E-state index is 12.4. The molecule has 0 aromatic carbocycles. The van der Waals surface area contributed by atoms with Crippen molar-refractivity contribution in [2.24, 2.45) is 0 Å². The van der Waals surface area contributed by atoms with Crippen LogP contribution in [0, 0.1) is 0 Å². The molecule has 58 heavy (non-hydrogen) atoms. The van der Waals surface area contributed by atoms with Crippen LogP contribution in [0.25, 0.3) is 0 Å². The molecular formula is C52H101NO5. The maximum Gasteiger partial charge on any atom is 0.305 e. The number of hydrogen-bond acceptors (Lipinski definition) is 5. The predicted molar refractivity (Wildman–Crippen MR) is 250 cm³/mol. The number of aliphatic hydroxyl groups excluding tert-OH is 2. The van der Waals surface area contributed by atoms with Gasteiger partial charge in [-0.25, -0.2) is 0 Å². The van der Waals surface area contributed by atoms with Crippen LogP contribution in [-0.4, -0.2) is 47.4 Å². The Morgan fingerprint density at radius 3 is 1.17 bits per heavy atom. The van der Waals surface area contributed by atoms with Crippen molar-refractivity contribution in [1.29, 1.82) is 0 Å². The second-order valence-corrected chi connectivity index (χ2v) is 17.9. The highest BCUT2D eigenvalue weighted by Gasteiger charge is 2.18. The number of hydrogen-bond donors (Lipinski definition) is 3. The molecule has 2 unspecified atom stereocenters. The van der Waals surface area contributed by atoms with Crippen LogP contribution in [0.5, 0.6) is 0 Å². The lowest BCUT2D eigenvalue weighted by molar-refractivity contribution is -0.143. The number of carbonyl (C=O) groups excluding carboxylic acids is 2. The second kappa shape index (κ2) is 48.3. The molecule has 2 atom stereocenters. The van der Waals surface area contributed by atoms with E-state index in [-0.39, 0.29) is 18.5 Å². The highest BCUT2D eigenvalue weighted by atomic mass is 16.5. The van der Waals surface area contributed by atoms with Crippen LogP contribution in [0.4, 0.5) is 0 Å². The van der Waals surface area contributed by atoms with E-state index in [2.05, 4.69) is 19.2 Å². The Kier molecular flexibility index (Phi) is 47.1. The molecule has 6 nitrogen and oxygen atoms in total. The van der Waals surface area contributed by atoms with Gasteiger partial charge >= 0.3 is 5.97 Å². The van der Waals surface area contributed by atoms with Crippen LogP contribution in [0.1, 0.15) is 284 Å². The molecule has 0 saturated heterocycles. The Balaban J connectivity index is 3.49. The first-order chi connectivity index (χ1) is 28.5. The third kappa shape index (κ3) is 44.2. The first kappa shape index (κ1) is 56.6. The smallest absolute Gasteiger partial charge is 0.305 e. The molecule has 0 aromatic heterocycles. The van der Waals surface area contributed by atoms with Gasteiger partial charge in [-0.1, -0.05) is 251 Å². The van der Waals surface area contributed by atoms with Crippen molar-refractivity contribution in [3.05, 3.63) is 12.2 Å². The van der Waals surface area contributed by atoms with E-state index < -0.39 is 12.1 Å². The Morgan fingerprint density at radius 2 is 0.793 bits per heavy atom. The van der Waals surface area contributed by atoms with E-state index in [9.17, 15) is 19.8 Å². The van der Waals surface area contributed by atoms with Crippen LogP contribution in [0.15, 0.2) is 12.2 Å². The zero-order chi connectivity index (χ0) is 42.3. The predicted octanol–water partition coefficient (Wildman–Crippen LogP) is 15.3. The van der Waals surface area contributed by atoms with E-state index in [1.165, 1.54) is 199 Å². The standard InChI is InChI=1S/C52H101NO5/c1-3-5-7-9-11-13-15-17-19-20-22-24-26-30-34-38-42-46-52(57)58-47-43-39-35-31-27-29-33-37-41-45-51(56)53-49(48-54)50(55)44-40-36-32-28-25-23-21-18-16-14-12-10-8-6-4-2/h40,44,49-50,54-55H,3-39,41-43,45-48H2,1-2H3,(H,53,56)/b44-40+. The number of nitrogens with one attached hydrogen (secondary N) is 1. The van der Waals surface area contributed by atoms with Crippen molar-refractivity contribution in [1.82, 2.24) is 5.32 Å². The molecule has 0 aliphatic heterocycles. The molecule has 0 fully saturated rings. The van der Waals surface area contributed by atoms with Crippen LogP contribution in [0.3, 0.4) is 0 Å². The maximum absolute atomic E-state index is 12.4. The van der Waals surface area contributed by atoms with Gasteiger partial charge in [0.15, 0.2) is 0 Å². The fourth-order valence-corrected chi connectivity index (χ4v) is 8.05. The molecule has 0 bridgehead atoms. The summed E-state index contributed by atoms with van der Waals surface area (Å²) in [5, 5.41) is 23.0. The molecular weight excluding hydrogens is 719 g/mol. The summed E-state index contributed by atoms with van der Waals surface area (Å²) in [4.78, 5) is 24.5. The van der Waals surface area contributed by atoms with E-state index in [0.717, 1.165) is 57.8 Å². The fourth-order valence-electron chi connectivity index (χ4n) is 8.05. The summed E-state index contributed by atoms with van der Waals surface area (Å²) in [5.41, 5.74) is 0. The van der Waals surface area contributed by atoms with Gasteiger partial charge in [-0.15, -0.1) is 0 Å². The number of rotatable bonds is 48.